The van der Waals surface area contributed by atoms with Crippen LogP contribution in [0, 0.1) is 24.7 Å². The summed E-state index contributed by atoms with van der Waals surface area (Å²) in [5, 5.41) is 0. The Labute approximate surface area is 147 Å². The van der Waals surface area contributed by atoms with E-state index in [4.69, 9.17) is 9.47 Å². The number of benzene rings is 1. The van der Waals surface area contributed by atoms with Crippen LogP contribution in [0.25, 0.3) is 0 Å². The molecule has 0 aliphatic carbocycles. The molecular formula is C20H23NO4. The largest absolute Gasteiger partial charge is 0.465 e. The van der Waals surface area contributed by atoms with E-state index in [9.17, 15) is 9.59 Å². The summed E-state index contributed by atoms with van der Waals surface area (Å²) in [5.41, 5.74) is 1.28. The fourth-order valence-electron chi connectivity index (χ4n) is 4.06. The molecule has 0 unspecified atom stereocenters. The molecule has 25 heavy (non-hydrogen) atoms. The maximum atomic E-state index is 13.1. The van der Waals surface area contributed by atoms with Gasteiger partial charge >= 0.3 is 5.97 Å². The second kappa shape index (κ2) is 5.70. The van der Waals surface area contributed by atoms with Gasteiger partial charge in [0.25, 0.3) is 0 Å². The zero-order valence-electron chi connectivity index (χ0n) is 14.8. The van der Waals surface area contributed by atoms with Gasteiger partial charge in [-0.05, 0) is 25.0 Å². The van der Waals surface area contributed by atoms with Gasteiger partial charge in [-0.25, -0.2) is 0 Å². The summed E-state index contributed by atoms with van der Waals surface area (Å²) in [7, 11) is 0. The second-order valence-corrected chi connectivity index (χ2v) is 7.68. The third-order valence-corrected chi connectivity index (χ3v) is 5.28. The van der Waals surface area contributed by atoms with Crippen molar-refractivity contribution in [1.82, 2.24) is 0 Å². The van der Waals surface area contributed by atoms with Gasteiger partial charge in [-0.15, -0.1) is 0 Å². The maximum absolute atomic E-state index is 13.1. The first-order valence-electron chi connectivity index (χ1n) is 8.83. The van der Waals surface area contributed by atoms with Gasteiger partial charge in [0.2, 0.25) is 5.91 Å². The number of nitrogens with zero attached hydrogens (tertiary/aromatic N) is 1. The summed E-state index contributed by atoms with van der Waals surface area (Å²) in [4.78, 5) is 27.5. The number of aryl methyl sites for hydroxylation is 1. The molecule has 132 valence electrons. The van der Waals surface area contributed by atoms with Crippen molar-refractivity contribution in [2.24, 2.45) is 17.8 Å². The predicted octanol–water partition coefficient (Wildman–Crippen LogP) is 2.48. The standard InChI is InChI=1S/C20H23NO4/c1-12(2)10-24-19(23)16-15-8-9-20(25-15)11-21(18(22)17(16)20)14-6-4-13(3)5-7-14/h4-9,12,15-17H,10-11H2,1-3H3/t15-,16-,17-,20+/m1/s1. The van der Waals surface area contributed by atoms with E-state index in [1.807, 2.05) is 57.2 Å². The molecule has 1 spiro atoms. The van der Waals surface area contributed by atoms with Crippen LogP contribution in [0.3, 0.4) is 0 Å². The van der Waals surface area contributed by atoms with Crippen LogP contribution >= 0.6 is 0 Å². The molecule has 0 aromatic heterocycles. The average molecular weight is 341 g/mol. The van der Waals surface area contributed by atoms with E-state index in [1.54, 1.807) is 4.90 Å². The Morgan fingerprint density at radius 2 is 2.08 bits per heavy atom. The number of ether oxygens (including phenoxy) is 2. The molecular weight excluding hydrogens is 318 g/mol. The molecule has 4 rings (SSSR count). The summed E-state index contributed by atoms with van der Waals surface area (Å²) in [5.74, 6) is -1.16. The first kappa shape index (κ1) is 16.3. The van der Waals surface area contributed by atoms with Crippen molar-refractivity contribution in [3.63, 3.8) is 0 Å². The topological polar surface area (TPSA) is 55.8 Å². The van der Waals surface area contributed by atoms with Gasteiger partial charge in [-0.2, -0.15) is 0 Å². The van der Waals surface area contributed by atoms with E-state index < -0.39 is 17.4 Å². The molecule has 3 aliphatic heterocycles. The third kappa shape index (κ3) is 2.49. The molecule has 1 aromatic carbocycles. The molecule has 0 saturated carbocycles. The highest BCUT2D eigenvalue weighted by Crippen LogP contribution is 2.52. The zero-order chi connectivity index (χ0) is 17.8. The quantitative estimate of drug-likeness (QED) is 0.624. The molecule has 3 aliphatic rings. The smallest absolute Gasteiger partial charge is 0.312 e. The highest BCUT2D eigenvalue weighted by atomic mass is 16.6. The van der Waals surface area contributed by atoms with Crippen LogP contribution in [0.1, 0.15) is 19.4 Å². The SMILES string of the molecule is Cc1ccc(N2C[C@]34C=C[C@@H](O3)[C@@H](C(=O)OCC(C)C)[C@@H]4C2=O)cc1. The number of anilines is 1. The first-order valence-corrected chi connectivity index (χ1v) is 8.83. The van der Waals surface area contributed by atoms with Gasteiger partial charge in [0.05, 0.1) is 25.2 Å². The van der Waals surface area contributed by atoms with Gasteiger partial charge in [0.15, 0.2) is 0 Å². The number of rotatable bonds is 4. The van der Waals surface area contributed by atoms with E-state index in [2.05, 4.69) is 0 Å². The van der Waals surface area contributed by atoms with Crippen LogP contribution < -0.4 is 4.90 Å². The van der Waals surface area contributed by atoms with Crippen LogP contribution in [0.15, 0.2) is 36.4 Å². The molecule has 2 fully saturated rings. The van der Waals surface area contributed by atoms with Crippen LogP contribution in [0.5, 0.6) is 0 Å². The fraction of sp³-hybridized carbons (Fsp3) is 0.500. The van der Waals surface area contributed by atoms with Gasteiger partial charge in [-0.1, -0.05) is 43.7 Å². The van der Waals surface area contributed by atoms with Crippen molar-refractivity contribution < 1.29 is 19.1 Å². The van der Waals surface area contributed by atoms with E-state index in [-0.39, 0.29) is 23.9 Å². The second-order valence-electron chi connectivity index (χ2n) is 7.68. The van der Waals surface area contributed by atoms with Crippen molar-refractivity contribution in [3.05, 3.63) is 42.0 Å². The Bertz CT molecular complexity index is 739. The van der Waals surface area contributed by atoms with E-state index in [0.717, 1.165) is 11.3 Å². The van der Waals surface area contributed by atoms with Crippen molar-refractivity contribution >= 4 is 17.6 Å². The lowest BCUT2D eigenvalue weighted by molar-refractivity contribution is -0.153. The number of fused-ring (bicyclic) bond motifs is 1. The minimum Gasteiger partial charge on any atom is -0.465 e. The Kier molecular flexibility index (Phi) is 3.72. The summed E-state index contributed by atoms with van der Waals surface area (Å²) in [6, 6.07) is 7.84. The van der Waals surface area contributed by atoms with Crippen molar-refractivity contribution in [2.45, 2.75) is 32.5 Å². The number of carbonyl (C=O) groups excluding carboxylic acids is 2. The number of hydrogen-bond acceptors (Lipinski definition) is 4. The molecule has 0 N–H and O–H groups in total. The van der Waals surface area contributed by atoms with Gasteiger partial charge < -0.3 is 14.4 Å². The van der Waals surface area contributed by atoms with Crippen molar-refractivity contribution in [2.75, 3.05) is 18.1 Å². The molecule has 5 nitrogen and oxygen atoms in total. The van der Waals surface area contributed by atoms with Crippen molar-refractivity contribution in [1.29, 1.82) is 0 Å². The Morgan fingerprint density at radius 1 is 1.36 bits per heavy atom. The van der Waals surface area contributed by atoms with Gasteiger partial charge in [0.1, 0.15) is 11.5 Å². The minimum atomic E-state index is -0.700. The number of amides is 1. The minimum absolute atomic E-state index is 0.0535. The van der Waals surface area contributed by atoms with E-state index in [1.165, 1.54) is 0 Å². The molecule has 5 heteroatoms. The molecule has 2 bridgehead atoms. The van der Waals surface area contributed by atoms with E-state index >= 15 is 0 Å². The number of esters is 1. The third-order valence-electron chi connectivity index (χ3n) is 5.28. The average Bonchev–Trinajstić information content (AvgIpc) is 3.22. The summed E-state index contributed by atoms with van der Waals surface area (Å²) in [6.45, 7) is 6.80. The van der Waals surface area contributed by atoms with E-state index in [0.29, 0.717) is 13.2 Å². The zero-order valence-corrected chi connectivity index (χ0v) is 14.8. The van der Waals surface area contributed by atoms with Gasteiger partial charge in [0, 0.05) is 5.69 Å². The normalized spacial score (nSPS) is 32.6. The molecule has 1 aromatic rings. The monoisotopic (exact) mass is 341 g/mol. The highest BCUT2D eigenvalue weighted by Gasteiger charge is 2.67. The summed E-state index contributed by atoms with van der Waals surface area (Å²) >= 11 is 0. The van der Waals surface area contributed by atoms with Crippen LogP contribution in [-0.2, 0) is 19.1 Å². The molecule has 4 atom stereocenters. The molecule has 2 saturated heterocycles. The van der Waals surface area contributed by atoms with Crippen molar-refractivity contribution in [3.8, 4) is 0 Å². The Balaban J connectivity index is 1.61. The lowest BCUT2D eigenvalue weighted by atomic mass is 9.77. The lowest BCUT2D eigenvalue weighted by Gasteiger charge is -2.23. The van der Waals surface area contributed by atoms with Crippen LogP contribution in [-0.4, -0.2) is 36.7 Å². The molecule has 0 radical (unpaired) electrons. The predicted molar refractivity (Wildman–Crippen MR) is 93.1 cm³/mol. The highest BCUT2D eigenvalue weighted by molar-refractivity contribution is 6.02. The summed E-state index contributed by atoms with van der Waals surface area (Å²) in [6.07, 6.45) is 3.51. The Morgan fingerprint density at radius 3 is 2.76 bits per heavy atom. The number of carbonyl (C=O) groups is 2. The fourth-order valence-corrected chi connectivity index (χ4v) is 4.06. The van der Waals surface area contributed by atoms with Gasteiger partial charge in [-0.3, -0.25) is 9.59 Å². The number of hydrogen-bond donors (Lipinski definition) is 0. The van der Waals surface area contributed by atoms with Crippen LogP contribution in [0.4, 0.5) is 5.69 Å². The first-order chi connectivity index (χ1) is 11.9. The van der Waals surface area contributed by atoms with Crippen LogP contribution in [0.2, 0.25) is 0 Å². The maximum Gasteiger partial charge on any atom is 0.312 e. The Hall–Kier alpha value is -2.14. The summed E-state index contributed by atoms with van der Waals surface area (Å²) < 4.78 is 11.5. The molecule has 3 heterocycles. The molecule has 1 amide bonds. The lowest BCUT2D eigenvalue weighted by Crippen LogP contribution is -2.40.